The van der Waals surface area contributed by atoms with E-state index >= 15 is 0 Å². The highest BCUT2D eigenvalue weighted by molar-refractivity contribution is 5.85. The van der Waals surface area contributed by atoms with Gasteiger partial charge in [0, 0.05) is 25.1 Å². The monoisotopic (exact) mass is 308 g/mol. The van der Waals surface area contributed by atoms with Crippen LogP contribution < -0.4 is 16.0 Å². The number of rotatable bonds is 8. The molecular formula is C14H20N4O4. The van der Waals surface area contributed by atoms with Crippen molar-refractivity contribution in [3.8, 4) is 0 Å². The zero-order valence-corrected chi connectivity index (χ0v) is 12.6. The molecule has 1 rings (SSSR count). The van der Waals surface area contributed by atoms with E-state index < -0.39 is 4.92 Å². The Morgan fingerprint density at radius 3 is 2.55 bits per heavy atom. The summed E-state index contributed by atoms with van der Waals surface area (Å²) in [6.45, 7) is 3.82. The van der Waals surface area contributed by atoms with Crippen LogP contribution in [0.15, 0.2) is 24.3 Å². The second kappa shape index (κ2) is 8.60. The maximum absolute atomic E-state index is 11.6. The van der Waals surface area contributed by atoms with Crippen molar-refractivity contribution in [2.24, 2.45) is 0 Å². The molecule has 0 aromatic heterocycles. The summed E-state index contributed by atoms with van der Waals surface area (Å²) >= 11 is 0. The third kappa shape index (κ3) is 6.21. The third-order valence-electron chi connectivity index (χ3n) is 2.66. The van der Waals surface area contributed by atoms with Gasteiger partial charge in [-0.25, -0.2) is 0 Å². The van der Waals surface area contributed by atoms with Gasteiger partial charge in [-0.05, 0) is 19.9 Å². The van der Waals surface area contributed by atoms with E-state index in [1.165, 1.54) is 6.07 Å². The lowest BCUT2D eigenvalue weighted by Gasteiger charge is -2.10. The number of nitrogens with one attached hydrogen (secondary N) is 3. The minimum atomic E-state index is -0.487. The van der Waals surface area contributed by atoms with E-state index in [0.717, 1.165) is 0 Å². The van der Waals surface area contributed by atoms with Gasteiger partial charge in [-0.2, -0.15) is 0 Å². The molecule has 0 unspecified atom stereocenters. The zero-order valence-electron chi connectivity index (χ0n) is 12.6. The van der Waals surface area contributed by atoms with Gasteiger partial charge in [-0.15, -0.1) is 0 Å². The molecule has 120 valence electrons. The fourth-order valence-electron chi connectivity index (χ4n) is 1.73. The van der Waals surface area contributed by atoms with Gasteiger partial charge in [0.05, 0.1) is 11.5 Å². The third-order valence-corrected chi connectivity index (χ3v) is 2.66. The molecule has 0 atom stereocenters. The summed E-state index contributed by atoms with van der Waals surface area (Å²) in [4.78, 5) is 33.3. The van der Waals surface area contributed by atoms with E-state index in [-0.39, 0.29) is 43.1 Å². The number of anilines is 1. The molecule has 1 aromatic rings. The number of carbonyl (C=O) groups is 2. The van der Waals surface area contributed by atoms with Crippen LogP contribution in [-0.2, 0) is 9.59 Å². The van der Waals surface area contributed by atoms with Gasteiger partial charge in [-0.3, -0.25) is 19.7 Å². The molecule has 8 nitrogen and oxygen atoms in total. The van der Waals surface area contributed by atoms with Crippen LogP contribution in [0.2, 0.25) is 0 Å². The molecule has 0 aliphatic heterocycles. The van der Waals surface area contributed by atoms with E-state index in [2.05, 4.69) is 16.0 Å². The first kappa shape index (κ1) is 17.4. The van der Waals surface area contributed by atoms with Crippen molar-refractivity contribution in [2.75, 3.05) is 18.4 Å². The summed E-state index contributed by atoms with van der Waals surface area (Å²) in [6.07, 6.45) is 0.112. The molecule has 2 amide bonds. The number of hydrogen-bond donors (Lipinski definition) is 3. The number of nitro benzene ring substituents is 1. The van der Waals surface area contributed by atoms with Crippen molar-refractivity contribution in [3.63, 3.8) is 0 Å². The molecule has 0 bridgehead atoms. The molecule has 0 spiro atoms. The Hall–Kier alpha value is -2.64. The van der Waals surface area contributed by atoms with Crippen molar-refractivity contribution in [1.82, 2.24) is 10.6 Å². The van der Waals surface area contributed by atoms with Gasteiger partial charge < -0.3 is 16.0 Å². The second-order valence-electron chi connectivity index (χ2n) is 4.95. The lowest BCUT2D eigenvalue weighted by atomic mass is 10.2. The van der Waals surface area contributed by atoms with Crippen molar-refractivity contribution in [3.05, 3.63) is 34.4 Å². The quantitative estimate of drug-likeness (QED) is 0.490. The molecule has 22 heavy (non-hydrogen) atoms. The molecule has 0 saturated carbocycles. The topological polar surface area (TPSA) is 113 Å². The molecule has 0 saturated heterocycles. The zero-order chi connectivity index (χ0) is 16.5. The fourth-order valence-corrected chi connectivity index (χ4v) is 1.73. The standard InChI is InChI=1S/C14H20N4O4/c1-10(2)17-14(20)9-16-13(19)7-8-15-11-5-3-4-6-12(11)18(21)22/h3-6,10,15H,7-9H2,1-2H3,(H,16,19)(H,17,20). The minimum Gasteiger partial charge on any atom is -0.379 e. The average Bonchev–Trinajstić information content (AvgIpc) is 2.45. The summed E-state index contributed by atoms with van der Waals surface area (Å²) in [5, 5.41) is 18.8. The summed E-state index contributed by atoms with van der Waals surface area (Å²) < 4.78 is 0. The molecular weight excluding hydrogens is 288 g/mol. The van der Waals surface area contributed by atoms with E-state index in [9.17, 15) is 19.7 Å². The number of nitro groups is 1. The molecule has 8 heteroatoms. The van der Waals surface area contributed by atoms with Gasteiger partial charge in [0.1, 0.15) is 5.69 Å². The molecule has 3 N–H and O–H groups in total. The lowest BCUT2D eigenvalue weighted by Crippen LogP contribution is -2.40. The molecule has 0 fully saturated rings. The van der Waals surface area contributed by atoms with E-state index in [4.69, 9.17) is 0 Å². The number of benzene rings is 1. The van der Waals surface area contributed by atoms with Gasteiger partial charge in [0.25, 0.3) is 5.69 Å². The predicted octanol–water partition coefficient (Wildman–Crippen LogP) is 1.04. The Balaban J connectivity index is 2.34. The Labute approximate surface area is 128 Å². The van der Waals surface area contributed by atoms with Crippen LogP contribution >= 0.6 is 0 Å². The molecule has 0 heterocycles. The van der Waals surface area contributed by atoms with Gasteiger partial charge in [0.15, 0.2) is 0 Å². The molecule has 0 aliphatic carbocycles. The lowest BCUT2D eigenvalue weighted by molar-refractivity contribution is -0.384. The fraction of sp³-hybridized carbons (Fsp3) is 0.429. The summed E-state index contributed by atoms with van der Waals surface area (Å²) in [7, 11) is 0. The number of carbonyl (C=O) groups excluding carboxylic acids is 2. The van der Waals surface area contributed by atoms with Gasteiger partial charge in [-0.1, -0.05) is 12.1 Å². The van der Waals surface area contributed by atoms with E-state index in [1.54, 1.807) is 18.2 Å². The average molecular weight is 308 g/mol. The Bertz CT molecular complexity index is 545. The van der Waals surface area contributed by atoms with Crippen LogP contribution in [0.4, 0.5) is 11.4 Å². The minimum absolute atomic E-state index is 0.0182. The summed E-state index contributed by atoms with van der Waals surface area (Å²) in [5.41, 5.74) is 0.317. The highest BCUT2D eigenvalue weighted by Gasteiger charge is 2.12. The van der Waals surface area contributed by atoms with Crippen molar-refractivity contribution < 1.29 is 14.5 Å². The van der Waals surface area contributed by atoms with Crippen LogP contribution in [0, 0.1) is 10.1 Å². The van der Waals surface area contributed by atoms with Crippen LogP contribution in [0.3, 0.4) is 0 Å². The van der Waals surface area contributed by atoms with Gasteiger partial charge >= 0.3 is 0 Å². The molecule has 0 aliphatic rings. The first-order valence-electron chi connectivity index (χ1n) is 6.93. The predicted molar refractivity (Wildman–Crippen MR) is 82.5 cm³/mol. The Morgan fingerprint density at radius 2 is 1.91 bits per heavy atom. The van der Waals surface area contributed by atoms with E-state index in [0.29, 0.717) is 5.69 Å². The maximum atomic E-state index is 11.6. The maximum Gasteiger partial charge on any atom is 0.292 e. The van der Waals surface area contributed by atoms with Crippen molar-refractivity contribution in [2.45, 2.75) is 26.3 Å². The smallest absolute Gasteiger partial charge is 0.292 e. The Morgan fingerprint density at radius 1 is 1.23 bits per heavy atom. The highest BCUT2D eigenvalue weighted by Crippen LogP contribution is 2.22. The van der Waals surface area contributed by atoms with Crippen LogP contribution in [0.1, 0.15) is 20.3 Å². The SMILES string of the molecule is CC(C)NC(=O)CNC(=O)CCNc1ccccc1[N+](=O)[O-]. The van der Waals surface area contributed by atoms with Gasteiger partial charge in [0.2, 0.25) is 11.8 Å². The molecule has 0 radical (unpaired) electrons. The van der Waals surface area contributed by atoms with Crippen molar-refractivity contribution >= 4 is 23.2 Å². The van der Waals surface area contributed by atoms with Crippen molar-refractivity contribution in [1.29, 1.82) is 0 Å². The number of amides is 2. The Kier molecular flexibility index (Phi) is 6.81. The second-order valence-corrected chi connectivity index (χ2v) is 4.95. The largest absolute Gasteiger partial charge is 0.379 e. The van der Waals surface area contributed by atoms with Crippen LogP contribution in [-0.4, -0.2) is 35.9 Å². The van der Waals surface area contributed by atoms with Crippen LogP contribution in [0.5, 0.6) is 0 Å². The summed E-state index contributed by atoms with van der Waals surface area (Å²) in [5.74, 6) is -0.556. The number of hydrogen-bond acceptors (Lipinski definition) is 5. The first-order valence-corrected chi connectivity index (χ1v) is 6.93. The van der Waals surface area contributed by atoms with Crippen LogP contribution in [0.25, 0.3) is 0 Å². The number of nitrogens with zero attached hydrogens (tertiary/aromatic N) is 1. The van der Waals surface area contributed by atoms with E-state index in [1.807, 2.05) is 13.8 Å². The number of para-hydroxylation sites is 2. The highest BCUT2D eigenvalue weighted by atomic mass is 16.6. The first-order chi connectivity index (χ1) is 10.4. The molecule has 1 aromatic carbocycles. The normalized spacial score (nSPS) is 10.1. The summed E-state index contributed by atoms with van der Waals surface area (Å²) in [6, 6.07) is 6.23.